The van der Waals surface area contributed by atoms with Crippen LogP contribution in [0.5, 0.6) is 0 Å². The predicted molar refractivity (Wildman–Crippen MR) is 102 cm³/mol. The lowest BCUT2D eigenvalue weighted by molar-refractivity contribution is 0.158. The van der Waals surface area contributed by atoms with Crippen LogP contribution in [-0.2, 0) is 12.8 Å². The van der Waals surface area contributed by atoms with Gasteiger partial charge in [-0.3, -0.25) is 4.90 Å². The van der Waals surface area contributed by atoms with Crippen molar-refractivity contribution in [2.45, 2.75) is 44.7 Å². The first kappa shape index (κ1) is 16.3. The lowest BCUT2D eigenvalue weighted by Gasteiger charge is -2.37. The molecule has 25 heavy (non-hydrogen) atoms. The Morgan fingerprint density at radius 3 is 2.60 bits per heavy atom. The summed E-state index contributed by atoms with van der Waals surface area (Å²) in [4.78, 5) is 11.8. The van der Waals surface area contributed by atoms with Gasteiger partial charge in [-0.1, -0.05) is 24.3 Å². The molecule has 5 heteroatoms. The molecule has 0 saturated carbocycles. The maximum absolute atomic E-state index is 4.55. The quantitative estimate of drug-likeness (QED) is 0.898. The smallest absolute Gasteiger partial charge is 0.225 e. The van der Waals surface area contributed by atoms with Crippen molar-refractivity contribution in [3.8, 4) is 0 Å². The van der Waals surface area contributed by atoms with E-state index in [9.17, 15) is 0 Å². The van der Waals surface area contributed by atoms with Crippen molar-refractivity contribution < 1.29 is 0 Å². The van der Waals surface area contributed by atoms with Crippen LogP contribution in [0.25, 0.3) is 0 Å². The van der Waals surface area contributed by atoms with Crippen LogP contribution in [0.4, 0.5) is 11.8 Å². The number of fused-ring (bicyclic) bond motifs is 1. The maximum atomic E-state index is 4.55. The summed E-state index contributed by atoms with van der Waals surface area (Å²) in [6.45, 7) is 4.29. The molecule has 1 aromatic heterocycles. The molecule has 0 bridgehead atoms. The molecule has 0 amide bonds. The normalized spacial score (nSPS) is 21.1. The van der Waals surface area contributed by atoms with Gasteiger partial charge in [0.05, 0.1) is 0 Å². The summed E-state index contributed by atoms with van der Waals surface area (Å²) >= 11 is 0. The number of likely N-dealkylation sites (tertiary alicyclic amines) is 1. The van der Waals surface area contributed by atoms with Crippen LogP contribution in [-0.4, -0.2) is 47.1 Å². The molecule has 2 aliphatic rings. The third-order valence-corrected chi connectivity index (χ3v) is 5.44. The van der Waals surface area contributed by atoms with Crippen LogP contribution < -0.4 is 10.6 Å². The summed E-state index contributed by atoms with van der Waals surface area (Å²) in [7, 11) is 1.89. The van der Waals surface area contributed by atoms with E-state index in [1.165, 1.54) is 43.4 Å². The first-order valence-electron chi connectivity index (χ1n) is 9.32. The number of hydrogen-bond donors (Lipinski definition) is 2. The van der Waals surface area contributed by atoms with Gasteiger partial charge in [-0.25, -0.2) is 4.98 Å². The molecule has 132 valence electrons. The molecular formula is C20H27N5. The molecule has 1 atom stereocenters. The van der Waals surface area contributed by atoms with Crippen molar-refractivity contribution in [1.29, 1.82) is 0 Å². The SMILES string of the molecule is CNc1cc(C)nc(N[C@H]2CCCN(C3Cc4ccccc4C3)C2)n1. The molecule has 1 saturated heterocycles. The van der Waals surface area contributed by atoms with Gasteiger partial charge in [0.15, 0.2) is 0 Å². The highest BCUT2D eigenvalue weighted by Gasteiger charge is 2.30. The minimum atomic E-state index is 0.420. The van der Waals surface area contributed by atoms with Crippen LogP contribution in [0.1, 0.15) is 29.7 Å². The Morgan fingerprint density at radius 2 is 1.88 bits per heavy atom. The molecule has 2 N–H and O–H groups in total. The number of benzene rings is 1. The number of aryl methyl sites for hydroxylation is 1. The summed E-state index contributed by atoms with van der Waals surface area (Å²) in [5, 5.41) is 6.67. The molecule has 0 spiro atoms. The highest BCUT2D eigenvalue weighted by atomic mass is 15.2. The fraction of sp³-hybridized carbons (Fsp3) is 0.500. The lowest BCUT2D eigenvalue weighted by Crippen LogP contribution is -2.47. The monoisotopic (exact) mass is 337 g/mol. The Morgan fingerprint density at radius 1 is 1.12 bits per heavy atom. The summed E-state index contributed by atoms with van der Waals surface area (Å²) < 4.78 is 0. The van der Waals surface area contributed by atoms with Gasteiger partial charge in [0.1, 0.15) is 5.82 Å². The van der Waals surface area contributed by atoms with E-state index in [-0.39, 0.29) is 0 Å². The van der Waals surface area contributed by atoms with Crippen LogP contribution in [0.2, 0.25) is 0 Å². The maximum Gasteiger partial charge on any atom is 0.225 e. The summed E-state index contributed by atoms with van der Waals surface area (Å²) in [6.07, 6.45) is 4.79. The predicted octanol–water partition coefficient (Wildman–Crippen LogP) is 2.87. The summed E-state index contributed by atoms with van der Waals surface area (Å²) in [5.74, 6) is 1.61. The van der Waals surface area contributed by atoms with Gasteiger partial charge in [-0.05, 0) is 50.3 Å². The summed E-state index contributed by atoms with van der Waals surface area (Å²) in [6, 6.07) is 11.9. The fourth-order valence-electron chi connectivity index (χ4n) is 4.19. The van der Waals surface area contributed by atoms with Crippen LogP contribution in [0.15, 0.2) is 30.3 Å². The van der Waals surface area contributed by atoms with E-state index >= 15 is 0 Å². The minimum absolute atomic E-state index is 0.420. The molecule has 4 rings (SSSR count). The Labute approximate surface area is 149 Å². The number of hydrogen-bond acceptors (Lipinski definition) is 5. The number of nitrogens with zero attached hydrogens (tertiary/aromatic N) is 3. The zero-order valence-electron chi connectivity index (χ0n) is 15.1. The van der Waals surface area contributed by atoms with Crippen LogP contribution >= 0.6 is 0 Å². The minimum Gasteiger partial charge on any atom is -0.373 e. The van der Waals surface area contributed by atoms with Crippen molar-refractivity contribution in [2.24, 2.45) is 0 Å². The van der Waals surface area contributed by atoms with E-state index in [0.29, 0.717) is 12.1 Å². The second-order valence-electron chi connectivity index (χ2n) is 7.28. The molecule has 1 aliphatic heterocycles. The third-order valence-electron chi connectivity index (χ3n) is 5.44. The van der Waals surface area contributed by atoms with E-state index in [1.54, 1.807) is 0 Å². The van der Waals surface area contributed by atoms with Gasteiger partial charge in [-0.2, -0.15) is 4.98 Å². The number of rotatable bonds is 4. The number of nitrogens with one attached hydrogen (secondary N) is 2. The van der Waals surface area contributed by atoms with Gasteiger partial charge in [0.2, 0.25) is 5.95 Å². The van der Waals surface area contributed by atoms with Crippen molar-refractivity contribution in [3.05, 3.63) is 47.2 Å². The van der Waals surface area contributed by atoms with Gasteiger partial charge in [0.25, 0.3) is 0 Å². The molecule has 5 nitrogen and oxygen atoms in total. The van der Waals surface area contributed by atoms with Gasteiger partial charge in [-0.15, -0.1) is 0 Å². The molecule has 2 heterocycles. The standard InChI is InChI=1S/C20H27N5/c1-14-10-19(21-2)24-20(22-14)23-17-8-5-9-25(13-17)18-11-15-6-3-4-7-16(15)12-18/h3-4,6-7,10,17-18H,5,8-9,11-13H2,1-2H3,(H2,21,22,23,24)/t17-/m0/s1. The first-order valence-corrected chi connectivity index (χ1v) is 9.32. The molecule has 1 fully saturated rings. The molecule has 2 aromatic rings. The highest BCUT2D eigenvalue weighted by molar-refractivity contribution is 5.42. The van der Waals surface area contributed by atoms with E-state index in [1.807, 2.05) is 20.0 Å². The van der Waals surface area contributed by atoms with Crippen LogP contribution in [0.3, 0.4) is 0 Å². The van der Waals surface area contributed by atoms with Crippen LogP contribution in [0, 0.1) is 6.92 Å². The third kappa shape index (κ3) is 3.61. The topological polar surface area (TPSA) is 53.1 Å². The van der Waals surface area contributed by atoms with Crippen molar-refractivity contribution in [3.63, 3.8) is 0 Å². The van der Waals surface area contributed by atoms with E-state index in [2.05, 4.69) is 49.8 Å². The number of aromatic nitrogens is 2. The number of anilines is 2. The summed E-state index contributed by atoms with van der Waals surface area (Å²) in [5.41, 5.74) is 4.05. The van der Waals surface area contributed by atoms with Gasteiger partial charge >= 0.3 is 0 Å². The lowest BCUT2D eigenvalue weighted by atomic mass is 10.0. The Hall–Kier alpha value is -2.14. The molecule has 0 unspecified atom stereocenters. The highest BCUT2D eigenvalue weighted by Crippen LogP contribution is 2.28. The number of piperidine rings is 1. The first-order chi connectivity index (χ1) is 12.2. The van der Waals surface area contributed by atoms with E-state index < -0.39 is 0 Å². The molecule has 1 aromatic carbocycles. The Kier molecular flexibility index (Phi) is 4.57. The zero-order chi connectivity index (χ0) is 17.2. The van der Waals surface area contributed by atoms with Gasteiger partial charge in [0, 0.05) is 37.4 Å². The fourth-order valence-corrected chi connectivity index (χ4v) is 4.19. The van der Waals surface area contributed by atoms with Crippen molar-refractivity contribution >= 4 is 11.8 Å². The Balaban J connectivity index is 1.41. The second kappa shape index (κ2) is 7.00. The van der Waals surface area contributed by atoms with E-state index in [4.69, 9.17) is 0 Å². The average Bonchev–Trinajstić information content (AvgIpc) is 3.05. The Bertz CT molecular complexity index is 720. The molecule has 1 aliphatic carbocycles. The van der Waals surface area contributed by atoms with Gasteiger partial charge < -0.3 is 10.6 Å². The van der Waals surface area contributed by atoms with Crippen molar-refractivity contribution in [2.75, 3.05) is 30.8 Å². The largest absolute Gasteiger partial charge is 0.373 e. The molecular weight excluding hydrogens is 310 g/mol. The zero-order valence-corrected chi connectivity index (χ0v) is 15.1. The van der Waals surface area contributed by atoms with E-state index in [0.717, 1.165) is 24.0 Å². The second-order valence-corrected chi connectivity index (χ2v) is 7.28. The van der Waals surface area contributed by atoms with Crippen molar-refractivity contribution in [1.82, 2.24) is 14.9 Å². The average molecular weight is 337 g/mol. The molecule has 0 radical (unpaired) electrons.